The zero-order valence-electron chi connectivity index (χ0n) is 9.77. The van der Waals surface area contributed by atoms with Crippen molar-refractivity contribution in [3.05, 3.63) is 41.5 Å². The smallest absolute Gasteiger partial charge is 0.338 e. The molecule has 0 amide bonds. The number of carbonyl (C=O) groups is 2. The summed E-state index contributed by atoms with van der Waals surface area (Å²) in [4.78, 5) is 21.9. The number of allylic oxidation sites excluding steroid dienone is 1. The maximum atomic E-state index is 11.4. The van der Waals surface area contributed by atoms with Crippen molar-refractivity contribution in [2.45, 2.75) is 13.8 Å². The van der Waals surface area contributed by atoms with E-state index in [2.05, 4.69) is 0 Å². The fraction of sp³-hybridized carbons (Fsp3) is 0.231. The van der Waals surface area contributed by atoms with Crippen LogP contribution >= 0.6 is 0 Å². The summed E-state index contributed by atoms with van der Waals surface area (Å²) in [6.45, 7) is 3.78. The zero-order valence-corrected chi connectivity index (χ0v) is 9.77. The lowest BCUT2D eigenvalue weighted by Gasteiger charge is -2.04. The average molecular weight is 234 g/mol. The Morgan fingerprint density at radius 2 is 1.76 bits per heavy atom. The Balaban J connectivity index is 2.88. The topological polar surface area (TPSA) is 63.6 Å². The molecule has 1 rings (SSSR count). The molecular formula is C13H14O4. The predicted molar refractivity (Wildman–Crippen MR) is 63.7 cm³/mol. The molecule has 0 aliphatic carbocycles. The lowest BCUT2D eigenvalue weighted by molar-refractivity contribution is -0.131. The molecule has 0 spiro atoms. The fourth-order valence-electron chi connectivity index (χ4n) is 1.35. The van der Waals surface area contributed by atoms with Crippen LogP contribution in [0.15, 0.2) is 30.3 Å². The van der Waals surface area contributed by atoms with Gasteiger partial charge in [0.25, 0.3) is 0 Å². The molecule has 0 saturated carbocycles. The van der Waals surface area contributed by atoms with Gasteiger partial charge in [-0.25, -0.2) is 9.59 Å². The number of hydrogen-bond donors (Lipinski definition) is 1. The van der Waals surface area contributed by atoms with Crippen LogP contribution < -0.4 is 0 Å². The van der Waals surface area contributed by atoms with Crippen LogP contribution in [0.2, 0.25) is 0 Å². The Hall–Kier alpha value is -2.10. The molecule has 0 unspecified atom stereocenters. The van der Waals surface area contributed by atoms with E-state index >= 15 is 0 Å². The molecule has 0 bridgehead atoms. The maximum Gasteiger partial charge on any atom is 0.338 e. The van der Waals surface area contributed by atoms with Crippen LogP contribution in [0.25, 0.3) is 5.57 Å². The molecule has 4 heteroatoms. The molecule has 0 atom stereocenters. The van der Waals surface area contributed by atoms with Crippen molar-refractivity contribution in [3.63, 3.8) is 0 Å². The molecule has 4 nitrogen and oxygen atoms in total. The number of carboxylic acid groups (broad SMARTS) is 1. The molecule has 1 N–H and O–H groups in total. The van der Waals surface area contributed by atoms with Gasteiger partial charge in [0.2, 0.25) is 0 Å². The molecule has 1 aromatic carbocycles. The first kappa shape index (κ1) is 13.0. The minimum absolute atomic E-state index is 0.332. The van der Waals surface area contributed by atoms with Crippen molar-refractivity contribution >= 4 is 17.5 Å². The highest BCUT2D eigenvalue weighted by molar-refractivity contribution is 5.91. The fourth-order valence-corrected chi connectivity index (χ4v) is 1.35. The van der Waals surface area contributed by atoms with Gasteiger partial charge in [-0.3, -0.25) is 0 Å². The minimum atomic E-state index is -0.989. The normalized spacial score (nSPS) is 11.1. The summed E-state index contributed by atoms with van der Waals surface area (Å²) >= 11 is 0. The summed E-state index contributed by atoms with van der Waals surface area (Å²) in [7, 11) is 0. The quantitative estimate of drug-likeness (QED) is 0.641. The molecule has 1 aromatic rings. The van der Waals surface area contributed by atoms with E-state index in [0.717, 1.165) is 11.6 Å². The van der Waals surface area contributed by atoms with Crippen molar-refractivity contribution in [3.8, 4) is 0 Å². The first-order valence-corrected chi connectivity index (χ1v) is 5.23. The van der Waals surface area contributed by atoms with Gasteiger partial charge in [0.05, 0.1) is 12.2 Å². The van der Waals surface area contributed by atoms with E-state index in [1.165, 1.54) is 0 Å². The van der Waals surface area contributed by atoms with Crippen molar-refractivity contribution in [2.75, 3.05) is 6.61 Å². The first-order valence-electron chi connectivity index (χ1n) is 5.23. The van der Waals surface area contributed by atoms with Gasteiger partial charge in [0.15, 0.2) is 0 Å². The Morgan fingerprint density at radius 1 is 1.24 bits per heavy atom. The molecule has 0 aromatic heterocycles. The standard InChI is InChI=1S/C13H14O4/c1-3-17-13(16)11-6-4-10(5-7-11)9(2)8-12(14)15/h4-8H,3H2,1-2H3,(H,14,15)/b9-8+. The number of carbonyl (C=O) groups excluding carboxylic acids is 1. The maximum absolute atomic E-state index is 11.4. The van der Waals surface area contributed by atoms with Crippen molar-refractivity contribution in [2.24, 2.45) is 0 Å². The molecular weight excluding hydrogens is 220 g/mol. The number of ether oxygens (including phenoxy) is 1. The summed E-state index contributed by atoms with van der Waals surface area (Å²) < 4.78 is 4.85. The lowest BCUT2D eigenvalue weighted by Crippen LogP contribution is -2.04. The predicted octanol–water partition coefficient (Wildman–Crippen LogP) is 2.35. The number of esters is 1. The van der Waals surface area contributed by atoms with Crippen molar-refractivity contribution < 1.29 is 19.4 Å². The third-order valence-electron chi connectivity index (χ3n) is 2.19. The summed E-state index contributed by atoms with van der Waals surface area (Å²) in [6.07, 6.45) is 1.12. The van der Waals surface area contributed by atoms with E-state index in [1.807, 2.05) is 0 Å². The van der Waals surface area contributed by atoms with Crippen LogP contribution in [0, 0.1) is 0 Å². The molecule has 0 aliphatic rings. The van der Waals surface area contributed by atoms with E-state index in [0.29, 0.717) is 17.7 Å². The number of carboxylic acids is 1. The van der Waals surface area contributed by atoms with E-state index in [-0.39, 0.29) is 5.97 Å². The summed E-state index contributed by atoms with van der Waals surface area (Å²) in [5, 5.41) is 8.61. The second kappa shape index (κ2) is 5.84. The van der Waals surface area contributed by atoms with Gasteiger partial charge in [0.1, 0.15) is 0 Å². The lowest BCUT2D eigenvalue weighted by atomic mass is 10.1. The number of hydrogen-bond acceptors (Lipinski definition) is 3. The molecule has 90 valence electrons. The van der Waals surface area contributed by atoms with Crippen molar-refractivity contribution in [1.29, 1.82) is 0 Å². The van der Waals surface area contributed by atoms with Crippen LogP contribution in [0.1, 0.15) is 29.8 Å². The zero-order chi connectivity index (χ0) is 12.8. The van der Waals surface area contributed by atoms with Gasteiger partial charge in [-0.1, -0.05) is 12.1 Å². The third kappa shape index (κ3) is 3.75. The SMILES string of the molecule is CCOC(=O)c1ccc(/C(C)=C/C(=O)O)cc1. The van der Waals surface area contributed by atoms with E-state index in [1.54, 1.807) is 38.1 Å². The van der Waals surface area contributed by atoms with Crippen LogP contribution in [0.4, 0.5) is 0 Å². The largest absolute Gasteiger partial charge is 0.478 e. The van der Waals surface area contributed by atoms with Crippen LogP contribution in [-0.4, -0.2) is 23.7 Å². The second-order valence-corrected chi connectivity index (χ2v) is 3.46. The monoisotopic (exact) mass is 234 g/mol. The summed E-state index contributed by atoms with van der Waals surface area (Å²) in [5.74, 6) is -1.36. The minimum Gasteiger partial charge on any atom is -0.478 e. The number of aliphatic carboxylic acids is 1. The van der Waals surface area contributed by atoms with Crippen LogP contribution in [0.5, 0.6) is 0 Å². The van der Waals surface area contributed by atoms with E-state index in [9.17, 15) is 9.59 Å². The third-order valence-corrected chi connectivity index (χ3v) is 2.19. The van der Waals surface area contributed by atoms with Gasteiger partial charge in [0, 0.05) is 6.08 Å². The Bertz CT molecular complexity index is 443. The first-order chi connectivity index (χ1) is 8.04. The van der Waals surface area contributed by atoms with Gasteiger partial charge in [-0.15, -0.1) is 0 Å². The highest BCUT2D eigenvalue weighted by Crippen LogP contribution is 2.14. The number of rotatable bonds is 4. The summed E-state index contributed by atoms with van der Waals surface area (Å²) in [6, 6.07) is 6.63. The van der Waals surface area contributed by atoms with Crippen LogP contribution in [-0.2, 0) is 9.53 Å². The van der Waals surface area contributed by atoms with Crippen molar-refractivity contribution in [1.82, 2.24) is 0 Å². The van der Waals surface area contributed by atoms with Gasteiger partial charge in [-0.05, 0) is 37.1 Å². The van der Waals surface area contributed by atoms with E-state index in [4.69, 9.17) is 9.84 Å². The molecule has 17 heavy (non-hydrogen) atoms. The second-order valence-electron chi connectivity index (χ2n) is 3.46. The van der Waals surface area contributed by atoms with Gasteiger partial charge >= 0.3 is 11.9 Å². The highest BCUT2D eigenvalue weighted by atomic mass is 16.5. The Labute approximate surface area is 99.5 Å². The van der Waals surface area contributed by atoms with Gasteiger partial charge < -0.3 is 9.84 Å². The Morgan fingerprint density at radius 3 is 2.24 bits per heavy atom. The van der Waals surface area contributed by atoms with E-state index < -0.39 is 5.97 Å². The Kier molecular flexibility index (Phi) is 4.46. The molecule has 0 aliphatic heterocycles. The highest BCUT2D eigenvalue weighted by Gasteiger charge is 2.06. The molecule has 0 radical (unpaired) electrons. The molecule has 0 saturated heterocycles. The summed E-state index contributed by atoms with van der Waals surface area (Å²) in [5.41, 5.74) is 1.85. The average Bonchev–Trinajstić information content (AvgIpc) is 2.28. The van der Waals surface area contributed by atoms with Crippen LogP contribution in [0.3, 0.4) is 0 Å². The molecule has 0 fully saturated rings. The molecule has 0 heterocycles. The van der Waals surface area contributed by atoms with Gasteiger partial charge in [-0.2, -0.15) is 0 Å². The number of benzene rings is 1.